The molecular weight excluding hydrogens is 368 g/mol. The van der Waals surface area contributed by atoms with Crippen LogP contribution in [0.5, 0.6) is 0 Å². The topological polar surface area (TPSA) is 67.9 Å². The number of esters is 1. The number of amides is 1. The van der Waals surface area contributed by atoms with E-state index in [-0.39, 0.29) is 18.0 Å². The number of rotatable bonds is 4. The van der Waals surface area contributed by atoms with Crippen molar-refractivity contribution in [3.05, 3.63) is 35.9 Å². The van der Waals surface area contributed by atoms with E-state index in [1.54, 1.807) is 4.90 Å². The van der Waals surface area contributed by atoms with Crippen LogP contribution in [0.3, 0.4) is 0 Å². The van der Waals surface area contributed by atoms with Gasteiger partial charge < -0.3 is 19.7 Å². The van der Waals surface area contributed by atoms with Gasteiger partial charge in [0.2, 0.25) is 0 Å². The van der Waals surface area contributed by atoms with Crippen molar-refractivity contribution in [1.82, 2.24) is 10.2 Å². The van der Waals surface area contributed by atoms with Crippen molar-refractivity contribution in [2.45, 2.75) is 64.6 Å². The van der Waals surface area contributed by atoms with Crippen molar-refractivity contribution in [2.75, 3.05) is 20.2 Å². The number of nitrogens with one attached hydrogen (secondary N) is 1. The average molecular weight is 403 g/mol. The van der Waals surface area contributed by atoms with Gasteiger partial charge in [0.1, 0.15) is 5.60 Å². The number of fused-ring (bicyclic) bond motifs is 1. The Hall–Kier alpha value is -2.08. The van der Waals surface area contributed by atoms with Gasteiger partial charge in [-0.1, -0.05) is 30.3 Å². The maximum Gasteiger partial charge on any atom is 0.410 e. The van der Waals surface area contributed by atoms with Gasteiger partial charge in [-0.15, -0.1) is 0 Å². The molecule has 0 spiro atoms. The lowest BCUT2D eigenvalue weighted by atomic mass is 9.61. The Bertz CT molecular complexity index is 715. The van der Waals surface area contributed by atoms with E-state index < -0.39 is 11.0 Å². The molecule has 1 saturated heterocycles. The molecule has 0 bridgehead atoms. The third-order valence-electron chi connectivity index (χ3n) is 6.19. The molecule has 2 fully saturated rings. The second kappa shape index (κ2) is 8.74. The fourth-order valence-corrected chi connectivity index (χ4v) is 4.72. The molecular formula is C23H34N2O4. The Morgan fingerprint density at radius 3 is 2.59 bits per heavy atom. The summed E-state index contributed by atoms with van der Waals surface area (Å²) in [7, 11) is 1.44. The number of likely N-dealkylation sites (tertiary alicyclic amines) is 1. The molecule has 1 heterocycles. The van der Waals surface area contributed by atoms with E-state index in [1.165, 1.54) is 12.7 Å². The zero-order valence-electron chi connectivity index (χ0n) is 18.1. The maximum absolute atomic E-state index is 12.8. The molecule has 0 aromatic heterocycles. The number of benzene rings is 1. The largest absolute Gasteiger partial charge is 0.469 e. The first-order valence-electron chi connectivity index (χ1n) is 10.6. The number of nitrogens with zero attached hydrogens (tertiary/aromatic N) is 1. The summed E-state index contributed by atoms with van der Waals surface area (Å²) in [5.41, 5.74) is 0.0808. The van der Waals surface area contributed by atoms with Crippen LogP contribution in [0, 0.1) is 11.3 Å². The van der Waals surface area contributed by atoms with Gasteiger partial charge in [0.15, 0.2) is 0 Å². The van der Waals surface area contributed by atoms with Crippen molar-refractivity contribution in [3.63, 3.8) is 0 Å². The first-order chi connectivity index (χ1) is 13.7. The normalized spacial score (nSPS) is 27.1. The number of hydrogen-bond donors (Lipinski definition) is 1. The molecule has 3 rings (SSSR count). The average Bonchev–Trinajstić information content (AvgIpc) is 2.70. The lowest BCUT2D eigenvalue weighted by molar-refractivity contribution is -0.164. The van der Waals surface area contributed by atoms with E-state index in [9.17, 15) is 9.59 Å². The van der Waals surface area contributed by atoms with Crippen LogP contribution in [0.1, 0.15) is 52.0 Å². The van der Waals surface area contributed by atoms with Crippen LogP contribution in [0.2, 0.25) is 0 Å². The van der Waals surface area contributed by atoms with Crippen LogP contribution < -0.4 is 5.32 Å². The van der Waals surface area contributed by atoms with Gasteiger partial charge in [-0.25, -0.2) is 4.79 Å². The summed E-state index contributed by atoms with van der Waals surface area (Å²) in [6, 6.07) is 10.7. The van der Waals surface area contributed by atoms with Gasteiger partial charge in [0.05, 0.1) is 12.5 Å². The molecule has 1 aliphatic carbocycles. The fourth-order valence-electron chi connectivity index (χ4n) is 4.72. The van der Waals surface area contributed by atoms with Crippen molar-refractivity contribution < 1.29 is 19.1 Å². The fraction of sp³-hybridized carbons (Fsp3) is 0.652. The molecule has 6 heteroatoms. The Morgan fingerprint density at radius 1 is 1.21 bits per heavy atom. The number of carbonyl (C=O) groups excluding carboxylic acids is 2. The molecule has 1 amide bonds. The highest BCUT2D eigenvalue weighted by Crippen LogP contribution is 2.47. The van der Waals surface area contributed by atoms with Crippen LogP contribution in [0.15, 0.2) is 30.3 Å². The van der Waals surface area contributed by atoms with Crippen LogP contribution in [0.4, 0.5) is 4.79 Å². The SMILES string of the molecule is COC(=O)[C@]12CC[C@H](NCc3ccccc3)C[C@@H]1CCN(C(=O)OC(C)(C)C)C2. The molecule has 0 radical (unpaired) electrons. The molecule has 29 heavy (non-hydrogen) atoms. The maximum atomic E-state index is 12.8. The monoisotopic (exact) mass is 402 g/mol. The molecule has 1 saturated carbocycles. The molecule has 160 valence electrons. The number of ether oxygens (including phenoxy) is 2. The number of methoxy groups -OCH3 is 1. The minimum Gasteiger partial charge on any atom is -0.469 e. The van der Waals surface area contributed by atoms with E-state index in [0.717, 1.165) is 32.2 Å². The first kappa shape index (κ1) is 21.6. The van der Waals surface area contributed by atoms with Crippen molar-refractivity contribution in [1.29, 1.82) is 0 Å². The van der Waals surface area contributed by atoms with Gasteiger partial charge in [-0.3, -0.25) is 4.79 Å². The van der Waals surface area contributed by atoms with E-state index in [4.69, 9.17) is 9.47 Å². The third kappa shape index (κ3) is 5.10. The Kier molecular flexibility index (Phi) is 6.52. The molecule has 1 aromatic rings. The summed E-state index contributed by atoms with van der Waals surface area (Å²) in [5.74, 6) is 0.00734. The van der Waals surface area contributed by atoms with Gasteiger partial charge in [-0.2, -0.15) is 0 Å². The predicted molar refractivity (Wildman–Crippen MR) is 111 cm³/mol. The van der Waals surface area contributed by atoms with Crippen LogP contribution in [0.25, 0.3) is 0 Å². The molecule has 1 aromatic carbocycles. The smallest absolute Gasteiger partial charge is 0.410 e. The zero-order valence-corrected chi connectivity index (χ0v) is 18.1. The molecule has 0 unspecified atom stereocenters. The minimum absolute atomic E-state index is 0.197. The highest BCUT2D eigenvalue weighted by atomic mass is 16.6. The van der Waals surface area contributed by atoms with Crippen molar-refractivity contribution in [3.8, 4) is 0 Å². The Morgan fingerprint density at radius 2 is 1.93 bits per heavy atom. The minimum atomic E-state index is -0.630. The number of carbonyl (C=O) groups is 2. The number of piperidine rings is 1. The lowest BCUT2D eigenvalue weighted by Crippen LogP contribution is -2.59. The van der Waals surface area contributed by atoms with Crippen LogP contribution >= 0.6 is 0 Å². The summed E-state index contributed by atoms with van der Waals surface area (Å²) in [6.07, 6.45) is 2.97. The third-order valence-corrected chi connectivity index (χ3v) is 6.19. The molecule has 3 atom stereocenters. The molecule has 1 aliphatic heterocycles. The molecule has 1 N–H and O–H groups in total. The van der Waals surface area contributed by atoms with Crippen molar-refractivity contribution in [2.24, 2.45) is 11.3 Å². The van der Waals surface area contributed by atoms with Gasteiger partial charge in [0.25, 0.3) is 0 Å². The predicted octanol–water partition coefficient (Wildman–Crippen LogP) is 3.75. The standard InChI is InChI=1S/C23H34N2O4/c1-22(2,3)29-21(27)25-13-11-18-14-19(24-15-17-8-6-5-7-9-17)10-12-23(18,16-25)20(26)28-4/h5-9,18-19,24H,10-16H2,1-4H3/t18-,19-,23-/m0/s1. The highest BCUT2D eigenvalue weighted by Gasteiger charge is 2.54. The van der Waals surface area contributed by atoms with Crippen LogP contribution in [-0.2, 0) is 20.8 Å². The summed E-state index contributed by atoms with van der Waals surface area (Å²) >= 11 is 0. The number of hydrogen-bond acceptors (Lipinski definition) is 5. The molecule has 6 nitrogen and oxygen atoms in total. The second-order valence-corrected chi connectivity index (χ2v) is 9.37. The van der Waals surface area contributed by atoms with E-state index in [2.05, 4.69) is 17.4 Å². The summed E-state index contributed by atoms with van der Waals surface area (Å²) < 4.78 is 10.8. The van der Waals surface area contributed by atoms with Gasteiger partial charge >= 0.3 is 12.1 Å². The Labute approximate surface area is 173 Å². The Balaban J connectivity index is 1.67. The van der Waals surface area contributed by atoms with E-state index in [1.807, 2.05) is 39.0 Å². The quantitative estimate of drug-likeness (QED) is 0.777. The summed E-state index contributed by atoms with van der Waals surface area (Å²) in [5, 5.41) is 3.65. The summed E-state index contributed by atoms with van der Waals surface area (Å²) in [6.45, 7) is 7.40. The summed E-state index contributed by atoms with van der Waals surface area (Å²) in [4.78, 5) is 27.1. The van der Waals surface area contributed by atoms with E-state index >= 15 is 0 Å². The lowest BCUT2D eigenvalue weighted by Gasteiger charge is -2.50. The van der Waals surface area contributed by atoms with Crippen molar-refractivity contribution >= 4 is 12.1 Å². The first-order valence-corrected chi connectivity index (χ1v) is 10.6. The van der Waals surface area contributed by atoms with Gasteiger partial charge in [0, 0.05) is 25.7 Å². The zero-order chi connectivity index (χ0) is 21.1. The van der Waals surface area contributed by atoms with Gasteiger partial charge in [-0.05, 0) is 57.9 Å². The second-order valence-electron chi connectivity index (χ2n) is 9.37. The highest BCUT2D eigenvalue weighted by molar-refractivity contribution is 5.79. The molecule has 2 aliphatic rings. The van der Waals surface area contributed by atoms with E-state index in [0.29, 0.717) is 19.1 Å². The van der Waals surface area contributed by atoms with Crippen LogP contribution in [-0.4, -0.2) is 48.8 Å².